The molecular formula is C14H13FN4. The molecule has 0 aliphatic heterocycles. The van der Waals surface area contributed by atoms with Crippen molar-refractivity contribution in [1.82, 2.24) is 4.98 Å². The predicted octanol–water partition coefficient (Wildman–Crippen LogP) is 3.27. The second-order valence-electron chi connectivity index (χ2n) is 3.87. The Hall–Kier alpha value is -2.61. The molecule has 96 valence electrons. The van der Waals surface area contributed by atoms with Gasteiger partial charge < -0.3 is 10.6 Å². The third-order valence-corrected chi connectivity index (χ3v) is 2.47. The maximum Gasteiger partial charge on any atom is 0.147 e. The average molecular weight is 256 g/mol. The van der Waals surface area contributed by atoms with Crippen LogP contribution < -0.4 is 10.6 Å². The molecule has 1 aromatic heterocycles. The summed E-state index contributed by atoms with van der Waals surface area (Å²) in [6.45, 7) is 2.74. The van der Waals surface area contributed by atoms with E-state index in [9.17, 15) is 4.39 Å². The average Bonchev–Trinajstić information content (AvgIpc) is 2.42. The van der Waals surface area contributed by atoms with Gasteiger partial charge in [0.25, 0.3) is 0 Å². The van der Waals surface area contributed by atoms with Crippen LogP contribution in [0.15, 0.2) is 36.4 Å². The molecule has 0 bridgehead atoms. The number of hydrogen-bond donors (Lipinski definition) is 2. The fraction of sp³-hybridized carbons (Fsp3) is 0.143. The molecule has 1 aromatic carbocycles. The summed E-state index contributed by atoms with van der Waals surface area (Å²) in [4.78, 5) is 4.29. The zero-order chi connectivity index (χ0) is 13.7. The Bertz CT molecular complexity index is 619. The van der Waals surface area contributed by atoms with E-state index in [1.807, 2.05) is 25.1 Å². The molecule has 0 spiro atoms. The molecule has 5 heteroatoms. The van der Waals surface area contributed by atoms with Gasteiger partial charge in [-0.1, -0.05) is 6.07 Å². The summed E-state index contributed by atoms with van der Waals surface area (Å²) in [6.07, 6.45) is 0. The minimum Gasteiger partial charge on any atom is -0.370 e. The molecule has 0 atom stereocenters. The lowest BCUT2D eigenvalue weighted by molar-refractivity contribution is 0.631. The summed E-state index contributed by atoms with van der Waals surface area (Å²) < 4.78 is 13.7. The van der Waals surface area contributed by atoms with Crippen LogP contribution in [0.2, 0.25) is 0 Å². The van der Waals surface area contributed by atoms with Crippen molar-refractivity contribution in [3.63, 3.8) is 0 Å². The summed E-state index contributed by atoms with van der Waals surface area (Å²) >= 11 is 0. The number of hydrogen-bond acceptors (Lipinski definition) is 4. The van der Waals surface area contributed by atoms with E-state index in [1.54, 1.807) is 12.1 Å². The fourth-order valence-corrected chi connectivity index (χ4v) is 1.61. The Morgan fingerprint density at radius 3 is 2.74 bits per heavy atom. The standard InChI is InChI=1S/C14H13FN4/c1-2-17-13-4-3-5-14(19-13)18-12-7-6-10(9-16)8-11(12)15/h3-8H,2H2,1H3,(H2,17,18,19). The zero-order valence-corrected chi connectivity index (χ0v) is 10.4. The number of halogens is 1. The highest BCUT2D eigenvalue weighted by Gasteiger charge is 2.05. The summed E-state index contributed by atoms with van der Waals surface area (Å²) in [5.41, 5.74) is 0.581. The van der Waals surface area contributed by atoms with Gasteiger partial charge in [-0.2, -0.15) is 5.26 Å². The van der Waals surface area contributed by atoms with Crippen molar-refractivity contribution in [3.8, 4) is 6.07 Å². The lowest BCUT2D eigenvalue weighted by Crippen LogP contribution is -2.02. The number of nitrogens with one attached hydrogen (secondary N) is 2. The Kier molecular flexibility index (Phi) is 3.94. The van der Waals surface area contributed by atoms with Crippen LogP contribution in [-0.4, -0.2) is 11.5 Å². The first-order valence-corrected chi connectivity index (χ1v) is 5.90. The van der Waals surface area contributed by atoms with Crippen LogP contribution in [0.3, 0.4) is 0 Å². The minimum absolute atomic E-state index is 0.289. The molecule has 2 N–H and O–H groups in total. The molecule has 0 unspecified atom stereocenters. The van der Waals surface area contributed by atoms with Gasteiger partial charge in [0.05, 0.1) is 17.3 Å². The van der Waals surface area contributed by atoms with Crippen LogP contribution in [0, 0.1) is 17.1 Å². The molecule has 0 amide bonds. The highest BCUT2D eigenvalue weighted by atomic mass is 19.1. The second kappa shape index (κ2) is 5.83. The Morgan fingerprint density at radius 2 is 2.05 bits per heavy atom. The van der Waals surface area contributed by atoms with Crippen LogP contribution in [0.25, 0.3) is 0 Å². The monoisotopic (exact) mass is 256 g/mol. The quantitative estimate of drug-likeness (QED) is 0.881. The van der Waals surface area contributed by atoms with Crippen LogP contribution in [-0.2, 0) is 0 Å². The first-order chi connectivity index (χ1) is 9.22. The second-order valence-corrected chi connectivity index (χ2v) is 3.87. The van der Waals surface area contributed by atoms with Gasteiger partial charge in [0.2, 0.25) is 0 Å². The van der Waals surface area contributed by atoms with Crippen molar-refractivity contribution in [3.05, 3.63) is 47.8 Å². The molecule has 0 radical (unpaired) electrons. The SMILES string of the molecule is CCNc1cccc(Nc2ccc(C#N)cc2F)n1. The van der Waals surface area contributed by atoms with Crippen LogP contribution in [0.4, 0.5) is 21.7 Å². The van der Waals surface area contributed by atoms with E-state index >= 15 is 0 Å². The van der Waals surface area contributed by atoms with E-state index in [0.29, 0.717) is 11.5 Å². The van der Waals surface area contributed by atoms with Crippen molar-refractivity contribution < 1.29 is 4.39 Å². The summed E-state index contributed by atoms with van der Waals surface area (Å²) in [7, 11) is 0. The van der Waals surface area contributed by atoms with Crippen molar-refractivity contribution in [1.29, 1.82) is 5.26 Å². The molecular weight excluding hydrogens is 243 g/mol. The van der Waals surface area contributed by atoms with Gasteiger partial charge in [0.1, 0.15) is 17.5 Å². The van der Waals surface area contributed by atoms with Crippen LogP contribution in [0.1, 0.15) is 12.5 Å². The van der Waals surface area contributed by atoms with E-state index in [0.717, 1.165) is 12.4 Å². The Balaban J connectivity index is 2.21. The van der Waals surface area contributed by atoms with Gasteiger partial charge in [-0.3, -0.25) is 0 Å². The molecule has 2 rings (SSSR count). The van der Waals surface area contributed by atoms with Gasteiger partial charge in [-0.25, -0.2) is 9.37 Å². The van der Waals surface area contributed by atoms with Gasteiger partial charge >= 0.3 is 0 Å². The number of pyridine rings is 1. The maximum absolute atomic E-state index is 13.7. The number of aromatic nitrogens is 1. The van der Waals surface area contributed by atoms with Crippen LogP contribution in [0.5, 0.6) is 0 Å². The molecule has 4 nitrogen and oxygen atoms in total. The first-order valence-electron chi connectivity index (χ1n) is 5.90. The molecule has 0 fully saturated rings. The number of benzene rings is 1. The first kappa shape index (κ1) is 12.8. The lowest BCUT2D eigenvalue weighted by atomic mass is 10.2. The molecule has 19 heavy (non-hydrogen) atoms. The third-order valence-electron chi connectivity index (χ3n) is 2.47. The molecule has 0 saturated carbocycles. The summed E-state index contributed by atoms with van der Waals surface area (Å²) in [5, 5.41) is 14.6. The van der Waals surface area contributed by atoms with Crippen LogP contribution >= 0.6 is 0 Å². The van der Waals surface area contributed by atoms with E-state index in [1.165, 1.54) is 12.1 Å². The van der Waals surface area contributed by atoms with E-state index in [-0.39, 0.29) is 5.56 Å². The van der Waals surface area contributed by atoms with Gasteiger partial charge in [0, 0.05) is 6.54 Å². The number of nitriles is 1. The molecule has 0 saturated heterocycles. The van der Waals surface area contributed by atoms with Crippen molar-refractivity contribution >= 4 is 17.3 Å². The topological polar surface area (TPSA) is 60.7 Å². The molecule has 0 aliphatic rings. The fourth-order valence-electron chi connectivity index (χ4n) is 1.61. The number of rotatable bonds is 4. The Morgan fingerprint density at radius 1 is 1.26 bits per heavy atom. The van der Waals surface area contributed by atoms with E-state index in [2.05, 4.69) is 15.6 Å². The summed E-state index contributed by atoms with van der Waals surface area (Å²) in [5.74, 6) is 0.790. The predicted molar refractivity (Wildman–Crippen MR) is 72.8 cm³/mol. The van der Waals surface area contributed by atoms with Crippen molar-refractivity contribution in [2.45, 2.75) is 6.92 Å². The lowest BCUT2D eigenvalue weighted by Gasteiger charge is -2.09. The van der Waals surface area contributed by atoms with E-state index < -0.39 is 5.82 Å². The van der Waals surface area contributed by atoms with Gasteiger partial charge in [0.15, 0.2) is 0 Å². The molecule has 1 heterocycles. The highest BCUT2D eigenvalue weighted by molar-refractivity contribution is 5.59. The normalized spacial score (nSPS) is 9.74. The van der Waals surface area contributed by atoms with E-state index in [4.69, 9.17) is 5.26 Å². The molecule has 2 aromatic rings. The largest absolute Gasteiger partial charge is 0.370 e. The Labute approximate surface area is 110 Å². The minimum atomic E-state index is -0.477. The number of nitrogens with zero attached hydrogens (tertiary/aromatic N) is 2. The van der Waals surface area contributed by atoms with Gasteiger partial charge in [-0.05, 0) is 37.3 Å². The maximum atomic E-state index is 13.7. The smallest absolute Gasteiger partial charge is 0.147 e. The van der Waals surface area contributed by atoms with Crippen molar-refractivity contribution in [2.75, 3.05) is 17.2 Å². The summed E-state index contributed by atoms with van der Waals surface area (Å²) in [6, 6.07) is 11.6. The van der Waals surface area contributed by atoms with Gasteiger partial charge in [-0.15, -0.1) is 0 Å². The molecule has 0 aliphatic carbocycles. The van der Waals surface area contributed by atoms with Crippen molar-refractivity contribution in [2.24, 2.45) is 0 Å². The highest BCUT2D eigenvalue weighted by Crippen LogP contribution is 2.20. The zero-order valence-electron chi connectivity index (χ0n) is 10.4. The third kappa shape index (κ3) is 3.19. The number of anilines is 3.